The molecule has 88 valence electrons. The van der Waals surface area contributed by atoms with Gasteiger partial charge in [-0.15, -0.1) is 0 Å². The Hall–Kier alpha value is -1.13. The summed E-state index contributed by atoms with van der Waals surface area (Å²) >= 11 is 5.13. The van der Waals surface area contributed by atoms with E-state index in [2.05, 4.69) is 29.7 Å². The SMILES string of the molecule is CCc1ccc(NC(=S)NCCOC)cc1. The van der Waals surface area contributed by atoms with Crippen LogP contribution in [0.15, 0.2) is 24.3 Å². The maximum Gasteiger partial charge on any atom is 0.170 e. The van der Waals surface area contributed by atoms with E-state index in [0.717, 1.165) is 18.7 Å². The number of ether oxygens (including phenoxy) is 1. The first-order chi connectivity index (χ1) is 7.76. The normalized spacial score (nSPS) is 9.88. The lowest BCUT2D eigenvalue weighted by molar-refractivity contribution is 0.204. The van der Waals surface area contributed by atoms with Crippen LogP contribution in [0.4, 0.5) is 5.69 Å². The fourth-order valence-electron chi connectivity index (χ4n) is 1.27. The van der Waals surface area contributed by atoms with Crippen molar-refractivity contribution in [3.63, 3.8) is 0 Å². The smallest absolute Gasteiger partial charge is 0.170 e. The third kappa shape index (κ3) is 4.59. The van der Waals surface area contributed by atoms with Gasteiger partial charge in [0.1, 0.15) is 0 Å². The molecule has 0 saturated carbocycles. The zero-order valence-corrected chi connectivity index (χ0v) is 10.6. The lowest BCUT2D eigenvalue weighted by Gasteiger charge is -2.10. The van der Waals surface area contributed by atoms with Crippen LogP contribution in [0, 0.1) is 0 Å². The van der Waals surface area contributed by atoms with Gasteiger partial charge in [-0.3, -0.25) is 0 Å². The minimum Gasteiger partial charge on any atom is -0.383 e. The van der Waals surface area contributed by atoms with Crippen molar-refractivity contribution < 1.29 is 4.74 Å². The Morgan fingerprint density at radius 3 is 2.56 bits per heavy atom. The monoisotopic (exact) mass is 238 g/mol. The summed E-state index contributed by atoms with van der Waals surface area (Å²) in [5, 5.41) is 6.80. The van der Waals surface area contributed by atoms with Crippen molar-refractivity contribution >= 4 is 23.0 Å². The number of anilines is 1. The van der Waals surface area contributed by atoms with Crippen molar-refractivity contribution in [2.45, 2.75) is 13.3 Å². The minimum atomic E-state index is 0.626. The third-order valence-electron chi connectivity index (χ3n) is 2.21. The van der Waals surface area contributed by atoms with Gasteiger partial charge in [-0.05, 0) is 36.3 Å². The van der Waals surface area contributed by atoms with Crippen molar-refractivity contribution in [3.05, 3.63) is 29.8 Å². The molecule has 0 unspecified atom stereocenters. The van der Waals surface area contributed by atoms with E-state index in [4.69, 9.17) is 17.0 Å². The summed E-state index contributed by atoms with van der Waals surface area (Å²) in [4.78, 5) is 0. The molecular formula is C12H18N2OS. The molecule has 0 fully saturated rings. The van der Waals surface area contributed by atoms with E-state index >= 15 is 0 Å². The molecule has 0 aliphatic carbocycles. The van der Waals surface area contributed by atoms with Gasteiger partial charge in [-0.1, -0.05) is 19.1 Å². The highest BCUT2D eigenvalue weighted by molar-refractivity contribution is 7.80. The van der Waals surface area contributed by atoms with E-state index in [1.54, 1.807) is 7.11 Å². The van der Waals surface area contributed by atoms with Crippen LogP contribution < -0.4 is 10.6 Å². The molecule has 1 aromatic rings. The van der Waals surface area contributed by atoms with Crippen molar-refractivity contribution in [2.75, 3.05) is 25.6 Å². The number of thiocarbonyl (C=S) groups is 1. The summed E-state index contributed by atoms with van der Waals surface area (Å²) in [5.74, 6) is 0. The first-order valence-corrected chi connectivity index (χ1v) is 5.79. The Labute approximate surface area is 102 Å². The lowest BCUT2D eigenvalue weighted by Crippen LogP contribution is -2.31. The number of aryl methyl sites for hydroxylation is 1. The van der Waals surface area contributed by atoms with Crippen molar-refractivity contribution in [1.82, 2.24) is 5.32 Å². The van der Waals surface area contributed by atoms with E-state index in [0.29, 0.717) is 11.7 Å². The quantitative estimate of drug-likeness (QED) is 0.608. The summed E-state index contributed by atoms with van der Waals surface area (Å²) < 4.78 is 4.92. The summed E-state index contributed by atoms with van der Waals surface area (Å²) in [7, 11) is 1.67. The highest BCUT2D eigenvalue weighted by Crippen LogP contribution is 2.09. The van der Waals surface area contributed by atoms with Gasteiger partial charge in [-0.2, -0.15) is 0 Å². The van der Waals surface area contributed by atoms with Gasteiger partial charge in [0, 0.05) is 19.3 Å². The molecule has 0 atom stereocenters. The molecule has 4 heteroatoms. The largest absolute Gasteiger partial charge is 0.383 e. The number of hydrogen-bond donors (Lipinski definition) is 2. The Kier molecular flexibility index (Phi) is 5.82. The van der Waals surface area contributed by atoms with Gasteiger partial charge in [-0.25, -0.2) is 0 Å². The molecule has 0 aliphatic heterocycles. The zero-order chi connectivity index (χ0) is 11.8. The van der Waals surface area contributed by atoms with Gasteiger partial charge in [0.05, 0.1) is 6.61 Å². The van der Waals surface area contributed by atoms with Crippen molar-refractivity contribution in [2.24, 2.45) is 0 Å². The highest BCUT2D eigenvalue weighted by Gasteiger charge is 1.96. The molecule has 16 heavy (non-hydrogen) atoms. The molecule has 2 N–H and O–H groups in total. The molecule has 0 aliphatic rings. The van der Waals surface area contributed by atoms with E-state index in [1.807, 2.05) is 12.1 Å². The molecule has 0 radical (unpaired) electrons. The van der Waals surface area contributed by atoms with Crippen LogP contribution >= 0.6 is 12.2 Å². The van der Waals surface area contributed by atoms with Gasteiger partial charge < -0.3 is 15.4 Å². The van der Waals surface area contributed by atoms with E-state index in [1.165, 1.54) is 5.56 Å². The highest BCUT2D eigenvalue weighted by atomic mass is 32.1. The molecular weight excluding hydrogens is 220 g/mol. The topological polar surface area (TPSA) is 33.3 Å². The molecule has 0 bridgehead atoms. The number of methoxy groups -OCH3 is 1. The Morgan fingerprint density at radius 2 is 2.00 bits per heavy atom. The maximum absolute atomic E-state index is 5.13. The average Bonchev–Trinajstić information content (AvgIpc) is 2.30. The molecule has 3 nitrogen and oxygen atoms in total. The van der Waals surface area contributed by atoms with Crippen molar-refractivity contribution in [3.8, 4) is 0 Å². The fraction of sp³-hybridized carbons (Fsp3) is 0.417. The average molecular weight is 238 g/mol. The number of hydrogen-bond acceptors (Lipinski definition) is 2. The molecule has 1 aromatic carbocycles. The second-order valence-electron chi connectivity index (χ2n) is 3.42. The summed E-state index contributed by atoms with van der Waals surface area (Å²) in [6.07, 6.45) is 1.05. The van der Waals surface area contributed by atoms with Crippen molar-refractivity contribution in [1.29, 1.82) is 0 Å². The second-order valence-corrected chi connectivity index (χ2v) is 3.83. The van der Waals surface area contributed by atoms with Gasteiger partial charge in [0.25, 0.3) is 0 Å². The van der Waals surface area contributed by atoms with Crippen LogP contribution in [0.3, 0.4) is 0 Å². The first kappa shape index (κ1) is 12.9. The molecule has 0 heterocycles. The van der Waals surface area contributed by atoms with E-state index < -0.39 is 0 Å². The third-order valence-corrected chi connectivity index (χ3v) is 2.46. The number of rotatable bonds is 5. The van der Waals surface area contributed by atoms with E-state index in [9.17, 15) is 0 Å². The first-order valence-electron chi connectivity index (χ1n) is 5.39. The van der Waals surface area contributed by atoms with Gasteiger partial charge >= 0.3 is 0 Å². The molecule has 0 spiro atoms. The van der Waals surface area contributed by atoms with Crippen LogP contribution in [-0.2, 0) is 11.2 Å². The minimum absolute atomic E-state index is 0.626. The predicted octanol–water partition coefficient (Wildman–Crippen LogP) is 2.18. The van der Waals surface area contributed by atoms with Gasteiger partial charge in [0.2, 0.25) is 0 Å². The molecule has 0 aromatic heterocycles. The Balaban J connectivity index is 2.37. The maximum atomic E-state index is 5.13. The lowest BCUT2D eigenvalue weighted by atomic mass is 10.1. The zero-order valence-electron chi connectivity index (χ0n) is 9.75. The summed E-state index contributed by atoms with van der Waals surface area (Å²) in [6, 6.07) is 8.26. The standard InChI is InChI=1S/C12H18N2OS/c1-3-10-4-6-11(7-5-10)14-12(16)13-8-9-15-2/h4-7H,3,8-9H2,1-2H3,(H2,13,14,16). The van der Waals surface area contributed by atoms with Crippen LogP contribution in [0.25, 0.3) is 0 Å². The molecule has 0 saturated heterocycles. The Morgan fingerprint density at radius 1 is 1.31 bits per heavy atom. The van der Waals surface area contributed by atoms with Crippen LogP contribution in [-0.4, -0.2) is 25.4 Å². The molecule has 1 rings (SSSR count). The number of nitrogens with one attached hydrogen (secondary N) is 2. The van der Waals surface area contributed by atoms with E-state index in [-0.39, 0.29) is 0 Å². The fourth-order valence-corrected chi connectivity index (χ4v) is 1.49. The summed E-state index contributed by atoms with van der Waals surface area (Å²) in [5.41, 5.74) is 2.33. The van der Waals surface area contributed by atoms with Gasteiger partial charge in [0.15, 0.2) is 5.11 Å². The molecule has 0 amide bonds. The number of benzene rings is 1. The van der Waals surface area contributed by atoms with Crippen LogP contribution in [0.5, 0.6) is 0 Å². The van der Waals surface area contributed by atoms with Crippen LogP contribution in [0.2, 0.25) is 0 Å². The van der Waals surface area contributed by atoms with Crippen LogP contribution in [0.1, 0.15) is 12.5 Å². The predicted molar refractivity (Wildman–Crippen MR) is 71.9 cm³/mol. The Bertz CT molecular complexity index is 324. The second kappa shape index (κ2) is 7.19. The summed E-state index contributed by atoms with van der Waals surface area (Å²) in [6.45, 7) is 3.51.